The van der Waals surface area contributed by atoms with Crippen LogP contribution in [0.3, 0.4) is 0 Å². The Labute approximate surface area is 88.3 Å². The van der Waals surface area contributed by atoms with Crippen molar-refractivity contribution >= 4 is 11.8 Å². The summed E-state index contributed by atoms with van der Waals surface area (Å²) in [5, 5.41) is 0. The highest BCUT2D eigenvalue weighted by Gasteiger charge is 2.24. The molecule has 1 rings (SSSR count). The third-order valence-electron chi connectivity index (χ3n) is 2.14. The van der Waals surface area contributed by atoms with Gasteiger partial charge in [-0.1, -0.05) is 6.07 Å². The van der Waals surface area contributed by atoms with Crippen molar-refractivity contribution in [2.24, 2.45) is 5.92 Å². The number of pyridine rings is 1. The highest BCUT2D eigenvalue weighted by atomic mass is 16.5. The van der Waals surface area contributed by atoms with Crippen molar-refractivity contribution in [2.75, 3.05) is 7.11 Å². The van der Waals surface area contributed by atoms with E-state index >= 15 is 0 Å². The molecule has 0 saturated heterocycles. The van der Waals surface area contributed by atoms with Crippen molar-refractivity contribution < 1.29 is 14.3 Å². The van der Waals surface area contributed by atoms with E-state index in [-0.39, 0.29) is 5.78 Å². The molecule has 80 valence electrons. The number of ether oxygens (including phenoxy) is 1. The van der Waals surface area contributed by atoms with Crippen LogP contribution in [0.25, 0.3) is 0 Å². The van der Waals surface area contributed by atoms with Gasteiger partial charge in [0, 0.05) is 12.4 Å². The summed E-state index contributed by atoms with van der Waals surface area (Å²) >= 11 is 0. The third-order valence-corrected chi connectivity index (χ3v) is 2.14. The molecule has 0 aliphatic carbocycles. The SMILES string of the molecule is COC(=O)[C@@H](Cc1cccnc1)C(C)=O. The van der Waals surface area contributed by atoms with Crippen LogP contribution in [0.1, 0.15) is 12.5 Å². The molecule has 0 saturated carbocycles. The second-order valence-electron chi connectivity index (χ2n) is 3.25. The summed E-state index contributed by atoms with van der Waals surface area (Å²) in [7, 11) is 1.28. The van der Waals surface area contributed by atoms with Crippen LogP contribution in [0.5, 0.6) is 0 Å². The van der Waals surface area contributed by atoms with Crippen LogP contribution in [-0.2, 0) is 20.7 Å². The molecule has 0 spiro atoms. The van der Waals surface area contributed by atoms with Gasteiger partial charge in [-0.15, -0.1) is 0 Å². The first-order valence-electron chi connectivity index (χ1n) is 4.62. The molecule has 1 atom stereocenters. The summed E-state index contributed by atoms with van der Waals surface area (Å²) in [6.07, 6.45) is 3.62. The van der Waals surface area contributed by atoms with Crippen molar-refractivity contribution in [3.8, 4) is 0 Å². The van der Waals surface area contributed by atoms with Crippen molar-refractivity contribution in [1.82, 2.24) is 4.98 Å². The van der Waals surface area contributed by atoms with E-state index in [4.69, 9.17) is 0 Å². The zero-order valence-corrected chi connectivity index (χ0v) is 8.77. The smallest absolute Gasteiger partial charge is 0.316 e. The second-order valence-corrected chi connectivity index (χ2v) is 3.25. The third kappa shape index (κ3) is 3.16. The lowest BCUT2D eigenvalue weighted by Crippen LogP contribution is -2.25. The molecular weight excluding hydrogens is 194 g/mol. The molecule has 0 radical (unpaired) electrons. The maximum atomic E-state index is 11.3. The van der Waals surface area contributed by atoms with E-state index in [1.165, 1.54) is 14.0 Å². The molecule has 0 amide bonds. The summed E-state index contributed by atoms with van der Waals surface area (Å²) in [5.74, 6) is -1.41. The average molecular weight is 207 g/mol. The number of hydrogen-bond donors (Lipinski definition) is 0. The molecule has 0 fully saturated rings. The monoisotopic (exact) mass is 207 g/mol. The fourth-order valence-electron chi connectivity index (χ4n) is 1.29. The molecular formula is C11H13NO3. The molecule has 15 heavy (non-hydrogen) atoms. The van der Waals surface area contributed by atoms with Crippen LogP contribution < -0.4 is 0 Å². The first-order chi connectivity index (χ1) is 7.15. The summed E-state index contributed by atoms with van der Waals surface area (Å²) in [5.41, 5.74) is 0.850. The Hall–Kier alpha value is -1.71. The number of esters is 1. The van der Waals surface area contributed by atoms with Gasteiger partial charge in [-0.25, -0.2) is 0 Å². The maximum absolute atomic E-state index is 11.3. The summed E-state index contributed by atoms with van der Waals surface area (Å²) in [6, 6.07) is 3.59. The zero-order valence-electron chi connectivity index (χ0n) is 8.77. The molecule has 0 bridgehead atoms. The standard InChI is InChI=1S/C11H13NO3/c1-8(13)10(11(14)15-2)6-9-4-3-5-12-7-9/h3-5,7,10H,6H2,1-2H3/t10-/m0/s1. The van der Waals surface area contributed by atoms with E-state index in [9.17, 15) is 9.59 Å². The highest BCUT2D eigenvalue weighted by Crippen LogP contribution is 2.10. The van der Waals surface area contributed by atoms with E-state index in [1.54, 1.807) is 18.5 Å². The van der Waals surface area contributed by atoms with E-state index in [0.717, 1.165) is 5.56 Å². The van der Waals surface area contributed by atoms with Crippen molar-refractivity contribution in [3.05, 3.63) is 30.1 Å². The topological polar surface area (TPSA) is 56.3 Å². The van der Waals surface area contributed by atoms with E-state index in [0.29, 0.717) is 6.42 Å². The number of nitrogens with zero attached hydrogens (tertiary/aromatic N) is 1. The molecule has 4 nitrogen and oxygen atoms in total. The van der Waals surface area contributed by atoms with Crippen molar-refractivity contribution in [3.63, 3.8) is 0 Å². The van der Waals surface area contributed by atoms with E-state index < -0.39 is 11.9 Å². The van der Waals surface area contributed by atoms with E-state index in [1.807, 2.05) is 6.07 Å². The van der Waals surface area contributed by atoms with Gasteiger partial charge in [-0.05, 0) is 25.0 Å². The average Bonchev–Trinajstić information content (AvgIpc) is 2.26. The highest BCUT2D eigenvalue weighted by molar-refractivity contribution is 5.97. The number of rotatable bonds is 4. The number of ketones is 1. The van der Waals surface area contributed by atoms with Crippen molar-refractivity contribution in [1.29, 1.82) is 0 Å². The second kappa shape index (κ2) is 5.24. The summed E-state index contributed by atoms with van der Waals surface area (Å²) < 4.78 is 4.57. The van der Waals surface area contributed by atoms with Crippen molar-refractivity contribution in [2.45, 2.75) is 13.3 Å². The Bertz CT molecular complexity index is 348. The summed E-state index contributed by atoms with van der Waals surface area (Å²) in [6.45, 7) is 1.39. The van der Waals surface area contributed by atoms with Gasteiger partial charge in [0.2, 0.25) is 0 Å². The minimum Gasteiger partial charge on any atom is -0.468 e. The molecule has 0 aliphatic rings. The Morgan fingerprint density at radius 2 is 2.27 bits per heavy atom. The lowest BCUT2D eigenvalue weighted by Gasteiger charge is -2.10. The van der Waals surface area contributed by atoms with Crippen LogP contribution in [0.4, 0.5) is 0 Å². The molecule has 4 heteroatoms. The van der Waals surface area contributed by atoms with Crippen LogP contribution in [0.15, 0.2) is 24.5 Å². The number of aromatic nitrogens is 1. The molecule has 1 aromatic rings. The van der Waals surface area contributed by atoms with Crippen LogP contribution in [0.2, 0.25) is 0 Å². The molecule has 1 aromatic heterocycles. The van der Waals surface area contributed by atoms with Gasteiger partial charge in [0.25, 0.3) is 0 Å². The lowest BCUT2D eigenvalue weighted by atomic mass is 9.97. The summed E-state index contributed by atoms with van der Waals surface area (Å²) in [4.78, 5) is 26.4. The van der Waals surface area contributed by atoms with Crippen LogP contribution >= 0.6 is 0 Å². The van der Waals surface area contributed by atoms with Crippen LogP contribution in [0, 0.1) is 5.92 Å². The predicted octanol–water partition coefficient (Wildman–Crippen LogP) is 1.00. The molecule has 0 aromatic carbocycles. The molecule has 0 N–H and O–H groups in total. The van der Waals surface area contributed by atoms with Gasteiger partial charge in [-0.3, -0.25) is 14.6 Å². The number of Topliss-reactive ketones (excluding diaryl/α,β-unsaturated/α-hetero) is 1. The maximum Gasteiger partial charge on any atom is 0.316 e. The molecule has 0 aliphatic heterocycles. The number of carbonyl (C=O) groups excluding carboxylic acids is 2. The van der Waals surface area contributed by atoms with Gasteiger partial charge < -0.3 is 4.74 Å². The Morgan fingerprint density at radius 3 is 2.73 bits per heavy atom. The van der Waals surface area contributed by atoms with Crippen LogP contribution in [-0.4, -0.2) is 23.8 Å². The van der Waals surface area contributed by atoms with E-state index in [2.05, 4.69) is 9.72 Å². The van der Waals surface area contributed by atoms with Gasteiger partial charge in [0.05, 0.1) is 7.11 Å². The lowest BCUT2D eigenvalue weighted by molar-refractivity contribution is -0.148. The first-order valence-corrected chi connectivity index (χ1v) is 4.62. The first kappa shape index (κ1) is 11.4. The zero-order chi connectivity index (χ0) is 11.3. The number of methoxy groups -OCH3 is 1. The molecule has 0 unspecified atom stereocenters. The Balaban J connectivity index is 2.76. The predicted molar refractivity (Wildman–Crippen MR) is 54.1 cm³/mol. The number of carbonyl (C=O) groups is 2. The number of hydrogen-bond acceptors (Lipinski definition) is 4. The van der Waals surface area contributed by atoms with Gasteiger partial charge >= 0.3 is 5.97 Å². The fourth-order valence-corrected chi connectivity index (χ4v) is 1.29. The minimum atomic E-state index is -0.723. The Morgan fingerprint density at radius 1 is 1.53 bits per heavy atom. The van der Waals surface area contributed by atoms with Gasteiger partial charge in [-0.2, -0.15) is 0 Å². The Kier molecular flexibility index (Phi) is 3.97. The normalized spacial score (nSPS) is 11.9. The fraction of sp³-hybridized carbons (Fsp3) is 0.364. The minimum absolute atomic E-state index is 0.189. The van der Waals surface area contributed by atoms with Gasteiger partial charge in [0.15, 0.2) is 0 Å². The van der Waals surface area contributed by atoms with Gasteiger partial charge in [0.1, 0.15) is 11.7 Å². The quantitative estimate of drug-likeness (QED) is 0.546. The largest absolute Gasteiger partial charge is 0.468 e. The molecule has 1 heterocycles.